The Balaban J connectivity index is 2.02. The maximum absolute atomic E-state index is 12.1. The third-order valence-corrected chi connectivity index (χ3v) is 3.71. The third kappa shape index (κ3) is 3.92. The van der Waals surface area contributed by atoms with Crippen molar-refractivity contribution in [2.24, 2.45) is 5.73 Å². The molecule has 0 heterocycles. The Hall–Kier alpha value is -1.65. The van der Waals surface area contributed by atoms with Crippen molar-refractivity contribution in [2.45, 2.75) is 19.4 Å². The van der Waals surface area contributed by atoms with E-state index in [2.05, 4.69) is 21.2 Å². The van der Waals surface area contributed by atoms with Crippen LogP contribution in [-0.4, -0.2) is 11.9 Å². The highest BCUT2D eigenvalue weighted by Gasteiger charge is 2.15. The first-order chi connectivity index (χ1) is 9.56. The second kappa shape index (κ2) is 6.68. The molecule has 2 aromatic carbocycles. The fourth-order valence-corrected chi connectivity index (χ4v) is 2.27. The van der Waals surface area contributed by atoms with E-state index in [4.69, 9.17) is 5.73 Å². The summed E-state index contributed by atoms with van der Waals surface area (Å²) < 4.78 is 0.850. The lowest BCUT2D eigenvalue weighted by molar-refractivity contribution is -0.117. The molecule has 20 heavy (non-hydrogen) atoms. The smallest absolute Gasteiger partial charge is 0.241 e. The van der Waals surface area contributed by atoms with E-state index in [1.54, 1.807) is 0 Å². The van der Waals surface area contributed by atoms with Crippen molar-refractivity contribution in [1.29, 1.82) is 0 Å². The van der Waals surface area contributed by atoms with E-state index >= 15 is 0 Å². The zero-order valence-corrected chi connectivity index (χ0v) is 12.9. The molecule has 0 spiro atoms. The molecule has 1 atom stereocenters. The highest BCUT2D eigenvalue weighted by molar-refractivity contribution is 9.10. The van der Waals surface area contributed by atoms with Gasteiger partial charge in [-0.2, -0.15) is 0 Å². The Kier molecular flexibility index (Phi) is 4.93. The molecule has 0 radical (unpaired) electrons. The average molecular weight is 333 g/mol. The van der Waals surface area contributed by atoms with Gasteiger partial charge in [-0.05, 0) is 52.5 Å². The summed E-state index contributed by atoms with van der Waals surface area (Å²) in [6.45, 7) is 1.98. The number of hydrogen-bond donors (Lipinski definition) is 2. The minimum absolute atomic E-state index is 0.180. The molecule has 0 aliphatic carbocycles. The van der Waals surface area contributed by atoms with Crippen LogP contribution in [0, 0.1) is 6.92 Å². The predicted octanol–water partition coefficient (Wildman–Crippen LogP) is 3.27. The molecular weight excluding hydrogens is 316 g/mol. The number of aryl methyl sites for hydroxylation is 1. The monoisotopic (exact) mass is 332 g/mol. The molecule has 0 aromatic heterocycles. The van der Waals surface area contributed by atoms with Crippen LogP contribution in [0.3, 0.4) is 0 Å². The van der Waals surface area contributed by atoms with Gasteiger partial charge >= 0.3 is 0 Å². The standard InChI is InChI=1S/C16H17BrN2O/c1-11-7-8-13(17)15(9-11)19-16(20)14(18)10-12-5-3-2-4-6-12/h2-9,14H,10,18H2,1H3,(H,19,20)/t14-/m1/s1. The van der Waals surface area contributed by atoms with Crippen LogP contribution in [0.4, 0.5) is 5.69 Å². The Morgan fingerprint density at radius 1 is 1.25 bits per heavy atom. The van der Waals surface area contributed by atoms with E-state index in [0.29, 0.717) is 6.42 Å². The van der Waals surface area contributed by atoms with Crippen LogP contribution in [0.2, 0.25) is 0 Å². The maximum Gasteiger partial charge on any atom is 0.241 e. The molecule has 0 unspecified atom stereocenters. The van der Waals surface area contributed by atoms with Crippen LogP contribution in [-0.2, 0) is 11.2 Å². The van der Waals surface area contributed by atoms with Gasteiger partial charge in [0.25, 0.3) is 0 Å². The Labute approximate surface area is 127 Å². The average Bonchev–Trinajstić information content (AvgIpc) is 2.44. The molecule has 4 heteroatoms. The van der Waals surface area contributed by atoms with Crippen LogP contribution >= 0.6 is 15.9 Å². The molecule has 0 saturated carbocycles. The molecule has 0 bridgehead atoms. The highest BCUT2D eigenvalue weighted by Crippen LogP contribution is 2.23. The summed E-state index contributed by atoms with van der Waals surface area (Å²) in [5.74, 6) is -0.180. The van der Waals surface area contributed by atoms with Gasteiger partial charge in [-0.1, -0.05) is 36.4 Å². The quantitative estimate of drug-likeness (QED) is 0.902. The molecule has 1 amide bonds. The number of amides is 1. The zero-order valence-electron chi connectivity index (χ0n) is 11.3. The largest absolute Gasteiger partial charge is 0.324 e. The molecular formula is C16H17BrN2O. The fourth-order valence-electron chi connectivity index (χ4n) is 1.92. The van der Waals surface area contributed by atoms with E-state index in [9.17, 15) is 4.79 Å². The van der Waals surface area contributed by atoms with E-state index in [-0.39, 0.29) is 5.91 Å². The number of rotatable bonds is 4. The first-order valence-electron chi connectivity index (χ1n) is 6.43. The summed E-state index contributed by atoms with van der Waals surface area (Å²) in [6.07, 6.45) is 0.524. The molecule has 0 fully saturated rings. The molecule has 2 rings (SSSR count). The van der Waals surface area contributed by atoms with Gasteiger partial charge in [-0.15, -0.1) is 0 Å². The van der Waals surface area contributed by atoms with Crippen LogP contribution < -0.4 is 11.1 Å². The van der Waals surface area contributed by atoms with Crippen LogP contribution in [0.25, 0.3) is 0 Å². The summed E-state index contributed by atoms with van der Waals surface area (Å²) >= 11 is 3.42. The number of halogens is 1. The lowest BCUT2D eigenvalue weighted by atomic mass is 10.1. The number of carbonyl (C=O) groups excluding carboxylic acids is 1. The van der Waals surface area contributed by atoms with Crippen molar-refractivity contribution in [3.8, 4) is 0 Å². The Morgan fingerprint density at radius 2 is 1.95 bits per heavy atom. The van der Waals surface area contributed by atoms with Crippen LogP contribution in [0.1, 0.15) is 11.1 Å². The van der Waals surface area contributed by atoms with Crippen molar-refractivity contribution < 1.29 is 4.79 Å². The minimum Gasteiger partial charge on any atom is -0.324 e. The van der Waals surface area contributed by atoms with Gasteiger partial charge in [0, 0.05) is 4.47 Å². The number of hydrogen-bond acceptors (Lipinski definition) is 2. The Bertz CT molecular complexity index is 599. The summed E-state index contributed by atoms with van der Waals surface area (Å²) in [7, 11) is 0. The van der Waals surface area contributed by atoms with Crippen molar-refractivity contribution in [3.63, 3.8) is 0 Å². The number of anilines is 1. The molecule has 2 aromatic rings. The normalized spacial score (nSPS) is 11.9. The number of nitrogens with two attached hydrogens (primary N) is 1. The third-order valence-electron chi connectivity index (χ3n) is 3.01. The van der Waals surface area contributed by atoms with Crippen molar-refractivity contribution in [2.75, 3.05) is 5.32 Å². The first-order valence-corrected chi connectivity index (χ1v) is 7.22. The van der Waals surface area contributed by atoms with Gasteiger partial charge in [0.1, 0.15) is 0 Å². The topological polar surface area (TPSA) is 55.1 Å². The molecule has 3 N–H and O–H groups in total. The van der Waals surface area contributed by atoms with E-state index in [1.807, 2.05) is 55.5 Å². The molecule has 0 aliphatic heterocycles. The fraction of sp³-hybridized carbons (Fsp3) is 0.188. The summed E-state index contributed by atoms with van der Waals surface area (Å²) in [5, 5.41) is 2.86. The second-order valence-electron chi connectivity index (χ2n) is 4.77. The molecule has 3 nitrogen and oxygen atoms in total. The highest BCUT2D eigenvalue weighted by atomic mass is 79.9. The number of benzene rings is 2. The maximum atomic E-state index is 12.1. The van der Waals surface area contributed by atoms with Gasteiger partial charge in [-0.25, -0.2) is 0 Å². The van der Waals surface area contributed by atoms with E-state index in [0.717, 1.165) is 21.3 Å². The van der Waals surface area contributed by atoms with Gasteiger partial charge in [0.2, 0.25) is 5.91 Å². The molecule has 0 aliphatic rings. The lowest BCUT2D eigenvalue weighted by Crippen LogP contribution is -2.37. The van der Waals surface area contributed by atoms with Gasteiger partial charge in [0.15, 0.2) is 0 Å². The van der Waals surface area contributed by atoms with E-state index in [1.165, 1.54) is 0 Å². The van der Waals surface area contributed by atoms with Crippen LogP contribution in [0.5, 0.6) is 0 Å². The second-order valence-corrected chi connectivity index (χ2v) is 5.62. The Morgan fingerprint density at radius 3 is 2.65 bits per heavy atom. The summed E-state index contributed by atoms with van der Waals surface area (Å²) in [5.41, 5.74) is 8.84. The van der Waals surface area contributed by atoms with Crippen LogP contribution in [0.15, 0.2) is 53.0 Å². The number of nitrogens with one attached hydrogen (secondary N) is 1. The molecule has 0 saturated heterocycles. The van der Waals surface area contributed by atoms with Gasteiger partial charge in [0.05, 0.1) is 11.7 Å². The van der Waals surface area contributed by atoms with E-state index < -0.39 is 6.04 Å². The van der Waals surface area contributed by atoms with Crippen molar-refractivity contribution in [1.82, 2.24) is 0 Å². The lowest BCUT2D eigenvalue weighted by Gasteiger charge is -2.14. The summed E-state index contributed by atoms with van der Waals surface area (Å²) in [4.78, 5) is 12.1. The van der Waals surface area contributed by atoms with Crippen molar-refractivity contribution >= 4 is 27.5 Å². The zero-order chi connectivity index (χ0) is 14.5. The van der Waals surface area contributed by atoms with Gasteiger partial charge < -0.3 is 11.1 Å². The minimum atomic E-state index is -0.565. The van der Waals surface area contributed by atoms with Crippen molar-refractivity contribution in [3.05, 3.63) is 64.1 Å². The molecule has 104 valence electrons. The predicted molar refractivity (Wildman–Crippen MR) is 85.6 cm³/mol. The van der Waals surface area contributed by atoms with Gasteiger partial charge in [-0.3, -0.25) is 4.79 Å². The summed E-state index contributed by atoms with van der Waals surface area (Å²) in [6, 6.07) is 15.0. The number of carbonyl (C=O) groups is 1. The SMILES string of the molecule is Cc1ccc(Br)c(NC(=O)[C@H](N)Cc2ccccc2)c1. The first kappa shape index (κ1) is 14.8.